The Kier molecular flexibility index (Phi) is 10.1. The van der Waals surface area contributed by atoms with Crippen molar-refractivity contribution >= 4 is 0 Å². The van der Waals surface area contributed by atoms with Crippen molar-refractivity contribution in [2.24, 2.45) is 0 Å². The molecule has 2 aromatic carbocycles. The lowest BCUT2D eigenvalue weighted by molar-refractivity contribution is -0.143. The SMILES string of the molecule is CCN(CC)CCNCc1ccc(OC(F)F)c(OCc2cc(C(F)(F)F)cc(C(F)(F)F)c2)c1. The van der Waals surface area contributed by atoms with E-state index in [4.69, 9.17) is 4.74 Å². The summed E-state index contributed by atoms with van der Waals surface area (Å²) in [5.74, 6) is -0.630. The Balaban J connectivity index is 2.21. The molecule has 0 fully saturated rings. The summed E-state index contributed by atoms with van der Waals surface area (Å²) in [4.78, 5) is 2.19. The molecule has 12 heteroatoms. The third-order valence-corrected chi connectivity index (χ3v) is 5.09. The van der Waals surface area contributed by atoms with Crippen molar-refractivity contribution < 1.29 is 44.6 Å². The van der Waals surface area contributed by atoms with Gasteiger partial charge in [0.25, 0.3) is 0 Å². The van der Waals surface area contributed by atoms with Crippen LogP contribution in [0.3, 0.4) is 0 Å². The van der Waals surface area contributed by atoms with Crippen LogP contribution in [0.2, 0.25) is 0 Å². The minimum Gasteiger partial charge on any atom is -0.485 e. The fraction of sp³-hybridized carbons (Fsp3) is 0.478. The molecule has 35 heavy (non-hydrogen) atoms. The second kappa shape index (κ2) is 12.4. The second-order valence-corrected chi connectivity index (χ2v) is 7.57. The molecule has 2 rings (SSSR count). The summed E-state index contributed by atoms with van der Waals surface area (Å²) in [6.07, 6.45) is -10.0. The highest BCUT2D eigenvalue weighted by molar-refractivity contribution is 5.43. The van der Waals surface area contributed by atoms with Crippen molar-refractivity contribution in [3.05, 3.63) is 58.7 Å². The lowest BCUT2D eigenvalue weighted by Gasteiger charge is -2.18. The van der Waals surface area contributed by atoms with E-state index in [0.29, 0.717) is 30.8 Å². The second-order valence-electron chi connectivity index (χ2n) is 7.57. The average molecular weight is 514 g/mol. The molecule has 196 valence electrons. The van der Waals surface area contributed by atoms with Gasteiger partial charge in [0.15, 0.2) is 11.5 Å². The summed E-state index contributed by atoms with van der Waals surface area (Å²) in [5, 5.41) is 3.17. The number of benzene rings is 2. The van der Waals surface area contributed by atoms with Crippen LogP contribution in [0.1, 0.15) is 36.1 Å². The van der Waals surface area contributed by atoms with Crippen molar-refractivity contribution in [1.29, 1.82) is 0 Å². The van der Waals surface area contributed by atoms with E-state index in [-0.39, 0.29) is 11.8 Å². The Labute approximate surface area is 197 Å². The molecule has 0 amide bonds. The number of hydrogen-bond acceptors (Lipinski definition) is 4. The van der Waals surface area contributed by atoms with Crippen LogP contribution in [-0.2, 0) is 25.5 Å². The number of likely N-dealkylation sites (N-methyl/N-ethyl adjacent to an activating group) is 1. The van der Waals surface area contributed by atoms with E-state index in [1.165, 1.54) is 18.2 Å². The van der Waals surface area contributed by atoms with Gasteiger partial charge < -0.3 is 19.7 Å². The molecule has 0 aliphatic carbocycles. The number of halogens is 8. The normalized spacial score (nSPS) is 12.5. The van der Waals surface area contributed by atoms with Gasteiger partial charge in [0, 0.05) is 19.6 Å². The number of alkyl halides is 8. The van der Waals surface area contributed by atoms with Crippen LogP contribution in [0.15, 0.2) is 36.4 Å². The van der Waals surface area contributed by atoms with Crippen LogP contribution in [0.4, 0.5) is 35.1 Å². The summed E-state index contributed by atoms with van der Waals surface area (Å²) in [5.41, 5.74) is -2.83. The summed E-state index contributed by atoms with van der Waals surface area (Å²) < 4.78 is 114. The van der Waals surface area contributed by atoms with E-state index in [0.717, 1.165) is 19.6 Å². The fourth-order valence-electron chi connectivity index (χ4n) is 3.24. The van der Waals surface area contributed by atoms with Crippen molar-refractivity contribution in [3.8, 4) is 11.5 Å². The molecule has 0 radical (unpaired) electrons. The predicted molar refractivity (Wildman–Crippen MR) is 113 cm³/mol. The largest absolute Gasteiger partial charge is 0.485 e. The lowest BCUT2D eigenvalue weighted by atomic mass is 10.1. The maximum atomic E-state index is 13.1. The fourth-order valence-corrected chi connectivity index (χ4v) is 3.24. The Morgan fingerprint density at radius 1 is 0.829 bits per heavy atom. The number of hydrogen-bond donors (Lipinski definition) is 1. The molecule has 0 heterocycles. The zero-order valence-corrected chi connectivity index (χ0v) is 19.1. The van der Waals surface area contributed by atoms with Crippen LogP contribution in [0.25, 0.3) is 0 Å². The molecule has 1 N–H and O–H groups in total. The molecule has 0 saturated heterocycles. The van der Waals surface area contributed by atoms with Gasteiger partial charge in [0.05, 0.1) is 11.1 Å². The number of nitrogens with one attached hydrogen (secondary N) is 1. The van der Waals surface area contributed by atoms with Crippen LogP contribution in [0, 0.1) is 0 Å². The van der Waals surface area contributed by atoms with Gasteiger partial charge in [-0.2, -0.15) is 35.1 Å². The first-order valence-corrected chi connectivity index (χ1v) is 10.8. The molecule has 0 atom stereocenters. The van der Waals surface area contributed by atoms with Crippen LogP contribution in [-0.4, -0.2) is 37.7 Å². The molecule has 0 aliphatic heterocycles. The van der Waals surface area contributed by atoms with E-state index in [2.05, 4.69) is 15.0 Å². The Morgan fingerprint density at radius 2 is 1.43 bits per heavy atom. The molecule has 0 aliphatic rings. The monoisotopic (exact) mass is 514 g/mol. The van der Waals surface area contributed by atoms with Gasteiger partial charge in [-0.25, -0.2) is 0 Å². The zero-order chi connectivity index (χ0) is 26.2. The number of ether oxygens (including phenoxy) is 2. The minimum atomic E-state index is -5.02. The Morgan fingerprint density at radius 3 is 1.94 bits per heavy atom. The van der Waals surface area contributed by atoms with Crippen LogP contribution < -0.4 is 14.8 Å². The molecule has 4 nitrogen and oxygen atoms in total. The molecule has 0 bridgehead atoms. The van der Waals surface area contributed by atoms with Crippen molar-refractivity contribution in [2.75, 3.05) is 26.2 Å². The van der Waals surface area contributed by atoms with Gasteiger partial charge in [0.1, 0.15) is 6.61 Å². The highest BCUT2D eigenvalue weighted by Gasteiger charge is 2.37. The first-order valence-electron chi connectivity index (χ1n) is 10.8. The van der Waals surface area contributed by atoms with Gasteiger partial charge in [-0.05, 0) is 54.5 Å². The molecule has 0 aromatic heterocycles. The maximum absolute atomic E-state index is 13.1. The highest BCUT2D eigenvalue weighted by atomic mass is 19.4. The third kappa shape index (κ3) is 9.17. The summed E-state index contributed by atoms with van der Waals surface area (Å²) >= 11 is 0. The quantitative estimate of drug-likeness (QED) is 0.265. The molecular formula is C23H26F8N2O2. The van der Waals surface area contributed by atoms with Gasteiger partial charge in [0.2, 0.25) is 0 Å². The first-order chi connectivity index (χ1) is 16.3. The van der Waals surface area contributed by atoms with Crippen molar-refractivity contribution in [1.82, 2.24) is 10.2 Å². The lowest BCUT2D eigenvalue weighted by Crippen LogP contribution is -2.31. The average Bonchev–Trinajstić information content (AvgIpc) is 2.77. The van der Waals surface area contributed by atoms with Crippen LogP contribution >= 0.6 is 0 Å². The molecule has 0 saturated carbocycles. The highest BCUT2D eigenvalue weighted by Crippen LogP contribution is 2.37. The number of nitrogens with zero attached hydrogens (tertiary/aromatic N) is 1. The zero-order valence-electron chi connectivity index (χ0n) is 19.1. The first kappa shape index (κ1) is 28.6. The molecule has 2 aromatic rings. The summed E-state index contributed by atoms with van der Waals surface area (Å²) in [6, 6.07) is 5.08. The number of rotatable bonds is 12. The predicted octanol–water partition coefficient (Wildman–Crippen LogP) is 6.34. The van der Waals surface area contributed by atoms with E-state index in [9.17, 15) is 35.1 Å². The topological polar surface area (TPSA) is 33.7 Å². The minimum absolute atomic E-state index is 0.000656. The molecule has 0 spiro atoms. The van der Waals surface area contributed by atoms with Crippen molar-refractivity contribution in [2.45, 2.75) is 46.0 Å². The third-order valence-electron chi connectivity index (χ3n) is 5.09. The van der Waals surface area contributed by atoms with E-state index in [1.54, 1.807) is 0 Å². The van der Waals surface area contributed by atoms with E-state index < -0.39 is 48.0 Å². The Hall–Kier alpha value is -2.60. The molecule has 0 unspecified atom stereocenters. The summed E-state index contributed by atoms with van der Waals surface area (Å²) in [7, 11) is 0. The van der Waals surface area contributed by atoms with Crippen molar-refractivity contribution in [3.63, 3.8) is 0 Å². The van der Waals surface area contributed by atoms with Gasteiger partial charge >= 0.3 is 19.0 Å². The summed E-state index contributed by atoms with van der Waals surface area (Å²) in [6.45, 7) is 3.61. The smallest absolute Gasteiger partial charge is 0.416 e. The Bertz CT molecular complexity index is 912. The maximum Gasteiger partial charge on any atom is 0.416 e. The standard InChI is InChI=1S/C23H26F8N2O2/c1-3-33(4-2)8-7-32-13-15-5-6-19(35-21(24)25)20(11-15)34-14-16-9-17(22(26,27)28)12-18(10-16)23(29,30)31/h5-6,9-12,21,32H,3-4,7-8,13-14H2,1-2H3. The molecular weight excluding hydrogens is 488 g/mol. The van der Waals surface area contributed by atoms with Gasteiger partial charge in [-0.3, -0.25) is 0 Å². The van der Waals surface area contributed by atoms with Gasteiger partial charge in [-0.15, -0.1) is 0 Å². The van der Waals surface area contributed by atoms with E-state index >= 15 is 0 Å². The van der Waals surface area contributed by atoms with Gasteiger partial charge in [-0.1, -0.05) is 19.9 Å². The van der Waals surface area contributed by atoms with E-state index in [1.807, 2.05) is 13.8 Å². The van der Waals surface area contributed by atoms with Crippen LogP contribution in [0.5, 0.6) is 11.5 Å².